The summed E-state index contributed by atoms with van der Waals surface area (Å²) in [4.78, 5) is 4.29. The fraction of sp³-hybridized carbons (Fsp3) is 0.308. The van der Waals surface area contributed by atoms with E-state index in [1.165, 1.54) is 24.5 Å². The molecule has 0 atom stereocenters. The highest BCUT2D eigenvalue weighted by Gasteiger charge is 2.11. The summed E-state index contributed by atoms with van der Waals surface area (Å²) in [5.41, 5.74) is 1.29. The second-order valence-electron chi connectivity index (χ2n) is 3.95. The topological polar surface area (TPSA) is 43.4 Å². The van der Waals surface area contributed by atoms with Gasteiger partial charge in [0.2, 0.25) is 0 Å². The van der Waals surface area contributed by atoms with Crippen LogP contribution in [0.5, 0.6) is 11.5 Å². The lowest BCUT2D eigenvalue weighted by Gasteiger charge is -2.13. The standard InChI is InChI=1S/C13H14F2N2O2S/c1-8-17-9(7-20-8)6-16-11-5-10(18-2)3-4-12(11)19-13(14)15/h3-5,7,13,16H,6H2,1-2H3. The van der Waals surface area contributed by atoms with Gasteiger partial charge in [-0.3, -0.25) is 0 Å². The molecule has 0 saturated carbocycles. The maximum absolute atomic E-state index is 12.4. The van der Waals surface area contributed by atoms with Gasteiger partial charge in [-0.05, 0) is 19.1 Å². The second kappa shape index (κ2) is 6.51. The number of alkyl halides is 2. The first-order valence-corrected chi connectivity index (χ1v) is 6.74. The summed E-state index contributed by atoms with van der Waals surface area (Å²) in [5.74, 6) is 0.635. The van der Waals surface area contributed by atoms with Crippen molar-refractivity contribution in [1.29, 1.82) is 0 Å². The van der Waals surface area contributed by atoms with Crippen molar-refractivity contribution in [2.24, 2.45) is 0 Å². The van der Waals surface area contributed by atoms with Crippen LogP contribution in [-0.2, 0) is 6.54 Å². The van der Waals surface area contributed by atoms with Crippen molar-refractivity contribution in [3.05, 3.63) is 34.3 Å². The Labute approximate surface area is 119 Å². The molecule has 1 N–H and O–H groups in total. The number of hydrogen-bond acceptors (Lipinski definition) is 5. The second-order valence-corrected chi connectivity index (χ2v) is 5.01. The Morgan fingerprint density at radius 3 is 2.80 bits per heavy atom. The van der Waals surface area contributed by atoms with E-state index in [0.29, 0.717) is 18.0 Å². The van der Waals surface area contributed by atoms with Gasteiger partial charge in [0.05, 0.1) is 30.0 Å². The Morgan fingerprint density at radius 1 is 1.40 bits per heavy atom. The van der Waals surface area contributed by atoms with Crippen molar-refractivity contribution in [3.63, 3.8) is 0 Å². The van der Waals surface area contributed by atoms with Crippen LogP contribution in [0.3, 0.4) is 0 Å². The van der Waals surface area contributed by atoms with Crippen LogP contribution < -0.4 is 14.8 Å². The van der Waals surface area contributed by atoms with Crippen molar-refractivity contribution in [1.82, 2.24) is 4.98 Å². The quantitative estimate of drug-likeness (QED) is 0.884. The molecule has 2 rings (SSSR count). The average Bonchev–Trinajstić information content (AvgIpc) is 2.83. The number of rotatable bonds is 6. The zero-order chi connectivity index (χ0) is 14.5. The highest BCUT2D eigenvalue weighted by Crippen LogP contribution is 2.30. The third kappa shape index (κ3) is 3.80. The van der Waals surface area contributed by atoms with E-state index in [2.05, 4.69) is 15.0 Å². The molecule has 1 aromatic carbocycles. The van der Waals surface area contributed by atoms with Crippen LogP contribution in [0, 0.1) is 6.92 Å². The van der Waals surface area contributed by atoms with Gasteiger partial charge in [0, 0.05) is 11.4 Å². The third-order valence-corrected chi connectivity index (χ3v) is 3.35. The molecular weight excluding hydrogens is 286 g/mol. The van der Waals surface area contributed by atoms with Gasteiger partial charge in [0.15, 0.2) is 0 Å². The first-order valence-electron chi connectivity index (χ1n) is 5.86. The monoisotopic (exact) mass is 300 g/mol. The van der Waals surface area contributed by atoms with E-state index >= 15 is 0 Å². The number of hydrogen-bond donors (Lipinski definition) is 1. The van der Waals surface area contributed by atoms with E-state index in [9.17, 15) is 8.78 Å². The predicted octanol–water partition coefficient (Wildman–Crippen LogP) is 3.67. The van der Waals surface area contributed by atoms with Crippen LogP contribution in [0.15, 0.2) is 23.6 Å². The number of benzene rings is 1. The van der Waals surface area contributed by atoms with E-state index < -0.39 is 6.61 Å². The van der Waals surface area contributed by atoms with Gasteiger partial charge >= 0.3 is 6.61 Å². The van der Waals surface area contributed by atoms with E-state index in [1.807, 2.05) is 12.3 Å². The third-order valence-electron chi connectivity index (χ3n) is 2.53. The van der Waals surface area contributed by atoms with Crippen LogP contribution in [0.2, 0.25) is 0 Å². The first kappa shape index (κ1) is 14.5. The van der Waals surface area contributed by atoms with Crippen LogP contribution in [0.25, 0.3) is 0 Å². The molecule has 108 valence electrons. The summed E-state index contributed by atoms with van der Waals surface area (Å²) >= 11 is 1.53. The molecule has 0 radical (unpaired) electrons. The molecule has 0 aliphatic heterocycles. The largest absolute Gasteiger partial charge is 0.497 e. The molecule has 0 fully saturated rings. The molecular formula is C13H14F2N2O2S. The summed E-state index contributed by atoms with van der Waals surface area (Å²) in [7, 11) is 1.51. The SMILES string of the molecule is COc1ccc(OC(F)F)c(NCc2csc(C)n2)c1. The molecule has 1 aromatic heterocycles. The number of nitrogens with one attached hydrogen (secondary N) is 1. The van der Waals surface area contributed by atoms with Crippen molar-refractivity contribution >= 4 is 17.0 Å². The van der Waals surface area contributed by atoms with Crippen molar-refractivity contribution in [2.75, 3.05) is 12.4 Å². The van der Waals surface area contributed by atoms with E-state index in [1.54, 1.807) is 12.1 Å². The lowest BCUT2D eigenvalue weighted by molar-refractivity contribution is -0.0493. The Kier molecular flexibility index (Phi) is 4.73. The fourth-order valence-corrected chi connectivity index (χ4v) is 2.26. The molecule has 0 amide bonds. The number of ether oxygens (including phenoxy) is 2. The highest BCUT2D eigenvalue weighted by atomic mass is 32.1. The van der Waals surface area contributed by atoms with Crippen LogP contribution in [0.1, 0.15) is 10.7 Å². The van der Waals surface area contributed by atoms with Gasteiger partial charge in [-0.2, -0.15) is 8.78 Å². The molecule has 0 bridgehead atoms. The molecule has 0 aliphatic carbocycles. The van der Waals surface area contributed by atoms with Crippen LogP contribution in [-0.4, -0.2) is 18.7 Å². The smallest absolute Gasteiger partial charge is 0.387 e. The zero-order valence-electron chi connectivity index (χ0n) is 11.0. The Bertz CT molecular complexity index is 575. The van der Waals surface area contributed by atoms with Crippen molar-refractivity contribution in [2.45, 2.75) is 20.1 Å². The fourth-order valence-electron chi connectivity index (χ4n) is 1.65. The van der Waals surface area contributed by atoms with E-state index in [4.69, 9.17) is 4.74 Å². The number of thiazole rings is 1. The predicted molar refractivity (Wildman–Crippen MR) is 73.8 cm³/mol. The maximum Gasteiger partial charge on any atom is 0.387 e. The molecule has 0 spiro atoms. The minimum absolute atomic E-state index is 0.0766. The Morgan fingerprint density at radius 2 is 2.20 bits per heavy atom. The van der Waals surface area contributed by atoms with E-state index in [-0.39, 0.29) is 5.75 Å². The number of nitrogens with zero attached hydrogens (tertiary/aromatic N) is 1. The van der Waals surface area contributed by atoms with Crippen molar-refractivity contribution < 1.29 is 18.3 Å². The highest BCUT2D eigenvalue weighted by molar-refractivity contribution is 7.09. The lowest BCUT2D eigenvalue weighted by Crippen LogP contribution is -2.07. The molecule has 0 aliphatic rings. The maximum atomic E-state index is 12.4. The minimum atomic E-state index is -2.87. The minimum Gasteiger partial charge on any atom is -0.497 e. The number of aryl methyl sites for hydroxylation is 1. The summed E-state index contributed by atoms with van der Waals surface area (Å²) in [5, 5.41) is 5.90. The summed E-state index contributed by atoms with van der Waals surface area (Å²) in [6.45, 7) is -0.534. The molecule has 1 heterocycles. The van der Waals surface area contributed by atoms with Crippen LogP contribution >= 0.6 is 11.3 Å². The van der Waals surface area contributed by atoms with Gasteiger partial charge in [0.25, 0.3) is 0 Å². The molecule has 4 nitrogen and oxygen atoms in total. The van der Waals surface area contributed by atoms with Gasteiger partial charge in [-0.1, -0.05) is 0 Å². The van der Waals surface area contributed by atoms with Gasteiger partial charge in [-0.25, -0.2) is 4.98 Å². The Hall–Kier alpha value is -1.89. The number of aromatic nitrogens is 1. The molecule has 20 heavy (non-hydrogen) atoms. The number of methoxy groups -OCH3 is 1. The van der Waals surface area contributed by atoms with Crippen molar-refractivity contribution in [3.8, 4) is 11.5 Å². The average molecular weight is 300 g/mol. The van der Waals surface area contributed by atoms with Gasteiger partial charge in [0.1, 0.15) is 11.5 Å². The van der Waals surface area contributed by atoms with Gasteiger partial charge < -0.3 is 14.8 Å². The van der Waals surface area contributed by atoms with E-state index in [0.717, 1.165) is 10.7 Å². The number of anilines is 1. The molecule has 0 saturated heterocycles. The van der Waals surface area contributed by atoms with Crippen LogP contribution in [0.4, 0.5) is 14.5 Å². The zero-order valence-corrected chi connectivity index (χ0v) is 11.8. The molecule has 7 heteroatoms. The summed E-state index contributed by atoms with van der Waals surface area (Å²) in [6, 6.07) is 4.62. The molecule has 2 aromatic rings. The Balaban J connectivity index is 2.14. The lowest BCUT2D eigenvalue weighted by atomic mass is 10.2. The van der Waals surface area contributed by atoms with Gasteiger partial charge in [-0.15, -0.1) is 11.3 Å². The summed E-state index contributed by atoms with van der Waals surface area (Å²) < 4.78 is 34.3. The first-order chi connectivity index (χ1) is 9.58. The normalized spacial score (nSPS) is 10.7. The summed E-state index contributed by atoms with van der Waals surface area (Å²) in [6.07, 6.45) is 0. The number of halogens is 2. The molecule has 0 unspecified atom stereocenters.